The second-order valence-corrected chi connectivity index (χ2v) is 3.48. The maximum atomic E-state index is 5.93. The molecular formula is C9H7Cl2NO. The monoisotopic (exact) mass is 215 g/mol. The van der Waals surface area contributed by atoms with Crippen LogP contribution < -0.4 is 5.73 Å². The summed E-state index contributed by atoms with van der Waals surface area (Å²) in [5.74, 6) is 0.708. The van der Waals surface area contributed by atoms with Gasteiger partial charge < -0.3 is 10.2 Å². The zero-order valence-electron chi connectivity index (χ0n) is 6.68. The molecule has 0 amide bonds. The van der Waals surface area contributed by atoms with Crippen molar-refractivity contribution in [2.45, 2.75) is 6.54 Å². The zero-order chi connectivity index (χ0) is 9.42. The van der Waals surface area contributed by atoms with E-state index in [1.807, 2.05) is 12.1 Å². The first kappa shape index (κ1) is 8.88. The molecule has 0 bridgehead atoms. The van der Waals surface area contributed by atoms with Gasteiger partial charge in [-0.05, 0) is 18.2 Å². The Kier molecular flexibility index (Phi) is 2.20. The predicted molar refractivity (Wildman–Crippen MR) is 54.1 cm³/mol. The summed E-state index contributed by atoms with van der Waals surface area (Å²) >= 11 is 11.7. The second kappa shape index (κ2) is 3.22. The van der Waals surface area contributed by atoms with Crippen molar-refractivity contribution in [1.29, 1.82) is 0 Å². The van der Waals surface area contributed by atoms with E-state index in [9.17, 15) is 0 Å². The van der Waals surface area contributed by atoms with E-state index in [1.165, 1.54) is 0 Å². The Labute approximate surface area is 85.2 Å². The summed E-state index contributed by atoms with van der Waals surface area (Å²) in [5.41, 5.74) is 6.04. The Hall–Kier alpha value is -0.700. The standard InChI is InChI=1S/C9H7Cl2NO/c10-7-2-1-5-3-6(4-12)13-9(5)8(7)11/h1-3H,4,12H2. The Balaban J connectivity index is 2.76. The van der Waals surface area contributed by atoms with Crippen LogP contribution in [0, 0.1) is 0 Å². The number of rotatable bonds is 1. The molecule has 68 valence electrons. The Morgan fingerprint density at radius 1 is 1.31 bits per heavy atom. The molecule has 0 spiro atoms. The minimum atomic E-state index is 0.364. The highest BCUT2D eigenvalue weighted by Crippen LogP contribution is 2.32. The third-order valence-electron chi connectivity index (χ3n) is 1.83. The van der Waals surface area contributed by atoms with Gasteiger partial charge in [0.25, 0.3) is 0 Å². The SMILES string of the molecule is NCc1cc2ccc(Cl)c(Cl)c2o1. The van der Waals surface area contributed by atoms with Gasteiger partial charge in [0, 0.05) is 5.39 Å². The molecule has 0 aliphatic carbocycles. The number of hydrogen-bond donors (Lipinski definition) is 1. The Bertz CT molecular complexity index is 450. The summed E-state index contributed by atoms with van der Waals surface area (Å²) in [5, 5.41) is 1.86. The van der Waals surface area contributed by atoms with Gasteiger partial charge in [0.15, 0.2) is 5.58 Å². The van der Waals surface area contributed by atoms with Gasteiger partial charge in [-0.2, -0.15) is 0 Å². The molecule has 0 radical (unpaired) electrons. The molecule has 2 N–H and O–H groups in total. The fraction of sp³-hybridized carbons (Fsp3) is 0.111. The van der Waals surface area contributed by atoms with Gasteiger partial charge in [-0.15, -0.1) is 0 Å². The van der Waals surface area contributed by atoms with Crippen molar-refractivity contribution in [3.63, 3.8) is 0 Å². The molecule has 0 fully saturated rings. The molecule has 1 aromatic carbocycles. The van der Waals surface area contributed by atoms with Crippen molar-refractivity contribution >= 4 is 34.2 Å². The molecule has 0 unspecified atom stereocenters. The van der Waals surface area contributed by atoms with Crippen LogP contribution in [0.15, 0.2) is 22.6 Å². The molecule has 1 heterocycles. The van der Waals surface area contributed by atoms with Crippen LogP contribution in [0.3, 0.4) is 0 Å². The first-order chi connectivity index (χ1) is 6.22. The fourth-order valence-corrected chi connectivity index (χ4v) is 1.56. The summed E-state index contributed by atoms with van der Waals surface area (Å²) < 4.78 is 5.39. The van der Waals surface area contributed by atoms with Crippen molar-refractivity contribution in [2.75, 3.05) is 0 Å². The summed E-state index contributed by atoms with van der Waals surface area (Å²) in [7, 11) is 0. The number of halogens is 2. The van der Waals surface area contributed by atoms with E-state index in [0.717, 1.165) is 5.39 Å². The van der Waals surface area contributed by atoms with Crippen molar-refractivity contribution in [2.24, 2.45) is 5.73 Å². The number of benzene rings is 1. The molecule has 0 atom stereocenters. The van der Waals surface area contributed by atoms with Gasteiger partial charge in [-0.25, -0.2) is 0 Å². The molecule has 4 heteroatoms. The molecular weight excluding hydrogens is 209 g/mol. The molecule has 13 heavy (non-hydrogen) atoms. The zero-order valence-corrected chi connectivity index (χ0v) is 8.19. The molecule has 0 saturated carbocycles. The van der Waals surface area contributed by atoms with Crippen molar-refractivity contribution in [1.82, 2.24) is 0 Å². The normalized spacial score (nSPS) is 11.0. The quantitative estimate of drug-likeness (QED) is 0.794. The van der Waals surface area contributed by atoms with Crippen LogP contribution in [0.5, 0.6) is 0 Å². The largest absolute Gasteiger partial charge is 0.458 e. The van der Waals surface area contributed by atoms with Crippen LogP contribution in [0.1, 0.15) is 5.76 Å². The van der Waals surface area contributed by atoms with Crippen molar-refractivity contribution < 1.29 is 4.42 Å². The van der Waals surface area contributed by atoms with E-state index in [4.69, 9.17) is 33.4 Å². The highest BCUT2D eigenvalue weighted by Gasteiger charge is 2.08. The third-order valence-corrected chi connectivity index (χ3v) is 2.62. The lowest BCUT2D eigenvalue weighted by atomic mass is 10.2. The minimum absolute atomic E-state index is 0.364. The van der Waals surface area contributed by atoms with Crippen LogP contribution >= 0.6 is 23.2 Å². The fourth-order valence-electron chi connectivity index (χ4n) is 1.20. The average molecular weight is 216 g/mol. The van der Waals surface area contributed by atoms with Crippen molar-refractivity contribution in [3.8, 4) is 0 Å². The van der Waals surface area contributed by atoms with Gasteiger partial charge >= 0.3 is 0 Å². The van der Waals surface area contributed by atoms with Crippen molar-refractivity contribution in [3.05, 3.63) is 34.0 Å². The molecule has 2 rings (SSSR count). The second-order valence-electron chi connectivity index (χ2n) is 2.70. The molecule has 0 aliphatic rings. The van der Waals surface area contributed by atoms with Gasteiger partial charge in [0.1, 0.15) is 10.8 Å². The van der Waals surface area contributed by atoms with E-state index in [2.05, 4.69) is 0 Å². The molecule has 2 nitrogen and oxygen atoms in total. The summed E-state index contributed by atoms with van der Waals surface area (Å²) in [6, 6.07) is 5.45. The topological polar surface area (TPSA) is 39.2 Å². The van der Waals surface area contributed by atoms with Crippen LogP contribution in [0.4, 0.5) is 0 Å². The summed E-state index contributed by atoms with van der Waals surface area (Å²) in [4.78, 5) is 0. The highest BCUT2D eigenvalue weighted by atomic mass is 35.5. The molecule has 0 saturated heterocycles. The lowest BCUT2D eigenvalue weighted by Gasteiger charge is -1.94. The number of nitrogens with two attached hydrogens (primary N) is 1. The van der Waals surface area contributed by atoms with E-state index >= 15 is 0 Å². The van der Waals surface area contributed by atoms with Gasteiger partial charge in [0.2, 0.25) is 0 Å². The van der Waals surface area contributed by atoms with Gasteiger partial charge in [-0.3, -0.25) is 0 Å². The number of hydrogen-bond acceptors (Lipinski definition) is 2. The summed E-state index contributed by atoms with van der Waals surface area (Å²) in [6.07, 6.45) is 0. The maximum Gasteiger partial charge on any atom is 0.154 e. The summed E-state index contributed by atoms with van der Waals surface area (Å²) in [6.45, 7) is 0.364. The highest BCUT2D eigenvalue weighted by molar-refractivity contribution is 6.44. The molecule has 1 aromatic heterocycles. The van der Waals surface area contributed by atoms with E-state index in [1.54, 1.807) is 6.07 Å². The van der Waals surface area contributed by atoms with Gasteiger partial charge in [-0.1, -0.05) is 23.2 Å². The van der Waals surface area contributed by atoms with E-state index < -0.39 is 0 Å². The number of furan rings is 1. The Morgan fingerprint density at radius 3 is 2.77 bits per heavy atom. The van der Waals surface area contributed by atoms with Crippen LogP contribution in [0.2, 0.25) is 10.0 Å². The predicted octanol–water partition coefficient (Wildman–Crippen LogP) is 3.20. The van der Waals surface area contributed by atoms with E-state index in [0.29, 0.717) is 27.9 Å². The van der Waals surface area contributed by atoms with Gasteiger partial charge in [0.05, 0.1) is 11.6 Å². The smallest absolute Gasteiger partial charge is 0.154 e. The minimum Gasteiger partial charge on any atom is -0.458 e. The first-order valence-corrected chi connectivity index (χ1v) is 4.54. The van der Waals surface area contributed by atoms with Crippen LogP contribution in [-0.4, -0.2) is 0 Å². The maximum absolute atomic E-state index is 5.93. The Morgan fingerprint density at radius 2 is 2.08 bits per heavy atom. The lowest BCUT2D eigenvalue weighted by Crippen LogP contribution is -1.92. The lowest BCUT2D eigenvalue weighted by molar-refractivity contribution is 0.552. The molecule has 0 aliphatic heterocycles. The third kappa shape index (κ3) is 1.41. The average Bonchev–Trinajstić information content (AvgIpc) is 2.55. The van der Waals surface area contributed by atoms with E-state index in [-0.39, 0.29) is 0 Å². The molecule has 2 aromatic rings. The van der Waals surface area contributed by atoms with Crippen LogP contribution in [-0.2, 0) is 6.54 Å². The van der Waals surface area contributed by atoms with Crippen LogP contribution in [0.25, 0.3) is 11.0 Å². The number of fused-ring (bicyclic) bond motifs is 1. The first-order valence-electron chi connectivity index (χ1n) is 3.79.